The molecule has 14 heavy (non-hydrogen) atoms. The predicted octanol–water partition coefficient (Wildman–Crippen LogP) is 2.73. The monoisotopic (exact) mass is 187 g/mol. The van der Waals surface area contributed by atoms with E-state index >= 15 is 0 Å². The van der Waals surface area contributed by atoms with Gasteiger partial charge in [0.15, 0.2) is 0 Å². The highest BCUT2D eigenvalue weighted by atomic mass is 16.5. The number of ether oxygens (including phenoxy) is 1. The number of hydrogen-bond donors (Lipinski definition) is 0. The molecule has 1 aromatic carbocycles. The Morgan fingerprint density at radius 2 is 2.29 bits per heavy atom. The Morgan fingerprint density at radius 3 is 3.21 bits per heavy atom. The lowest BCUT2D eigenvalue weighted by Gasteiger charge is -2.04. The predicted molar refractivity (Wildman–Crippen MR) is 56.8 cm³/mol. The van der Waals surface area contributed by atoms with E-state index in [9.17, 15) is 0 Å². The van der Waals surface area contributed by atoms with E-state index in [2.05, 4.69) is 35.8 Å². The lowest BCUT2D eigenvalue weighted by atomic mass is 10.2. The van der Waals surface area contributed by atoms with E-state index in [0.717, 1.165) is 25.3 Å². The van der Waals surface area contributed by atoms with Crippen molar-refractivity contribution in [1.82, 2.24) is 4.57 Å². The lowest BCUT2D eigenvalue weighted by Crippen LogP contribution is -1.99. The molecule has 72 valence electrons. The minimum Gasteiger partial charge on any atom is -0.491 e. The van der Waals surface area contributed by atoms with Crippen molar-refractivity contribution in [1.29, 1.82) is 0 Å². The molecule has 0 N–H and O–H groups in total. The summed E-state index contributed by atoms with van der Waals surface area (Å²) in [6.07, 6.45) is 1.10. The van der Waals surface area contributed by atoms with Crippen LogP contribution in [0, 0.1) is 6.92 Å². The molecule has 2 heteroatoms. The second-order valence-electron chi connectivity index (χ2n) is 3.83. The molecule has 0 bridgehead atoms. The molecule has 0 atom stereocenters. The van der Waals surface area contributed by atoms with E-state index in [4.69, 9.17) is 4.74 Å². The van der Waals surface area contributed by atoms with Gasteiger partial charge in [0.05, 0.1) is 12.1 Å². The highest BCUT2D eigenvalue weighted by Crippen LogP contribution is 2.30. The summed E-state index contributed by atoms with van der Waals surface area (Å²) in [6.45, 7) is 4.07. The standard InChI is InChI=1S/C12H13NO/c1-9-8-10-4-2-5-11-12(10)13(9)6-3-7-14-11/h2,4-5,8H,3,6-7H2,1H3. The Hall–Kier alpha value is -1.44. The maximum Gasteiger partial charge on any atom is 0.143 e. The van der Waals surface area contributed by atoms with Gasteiger partial charge in [-0.25, -0.2) is 0 Å². The third-order valence-electron chi connectivity index (χ3n) is 2.87. The number of benzene rings is 1. The van der Waals surface area contributed by atoms with Gasteiger partial charge in [-0.1, -0.05) is 12.1 Å². The van der Waals surface area contributed by atoms with E-state index in [1.165, 1.54) is 16.6 Å². The number of nitrogens with zero attached hydrogens (tertiary/aromatic N) is 1. The van der Waals surface area contributed by atoms with Gasteiger partial charge in [0.1, 0.15) is 5.75 Å². The van der Waals surface area contributed by atoms with Crippen molar-refractivity contribution < 1.29 is 4.74 Å². The first-order valence-corrected chi connectivity index (χ1v) is 5.08. The van der Waals surface area contributed by atoms with Crippen LogP contribution in [0.3, 0.4) is 0 Å². The Balaban J connectivity index is 2.42. The van der Waals surface area contributed by atoms with Crippen LogP contribution in [0.15, 0.2) is 24.3 Å². The normalized spacial score (nSPS) is 15.2. The second kappa shape index (κ2) is 2.77. The quantitative estimate of drug-likeness (QED) is 0.618. The summed E-state index contributed by atoms with van der Waals surface area (Å²) in [5.74, 6) is 1.04. The molecule has 2 nitrogen and oxygen atoms in total. The number of rotatable bonds is 0. The van der Waals surface area contributed by atoms with E-state index in [1.54, 1.807) is 0 Å². The van der Waals surface area contributed by atoms with E-state index < -0.39 is 0 Å². The van der Waals surface area contributed by atoms with Crippen molar-refractivity contribution in [3.63, 3.8) is 0 Å². The molecule has 3 rings (SSSR count). The summed E-state index contributed by atoms with van der Waals surface area (Å²) in [7, 11) is 0. The van der Waals surface area contributed by atoms with Crippen LogP contribution in [0.5, 0.6) is 5.75 Å². The SMILES string of the molecule is Cc1cc2cccc3c2n1CCCO3. The molecule has 0 radical (unpaired) electrons. The minimum absolute atomic E-state index is 0.834. The summed E-state index contributed by atoms with van der Waals surface area (Å²) in [5.41, 5.74) is 2.60. The molecule has 0 saturated heterocycles. The van der Waals surface area contributed by atoms with Crippen LogP contribution in [0.4, 0.5) is 0 Å². The second-order valence-corrected chi connectivity index (χ2v) is 3.83. The van der Waals surface area contributed by atoms with Crippen molar-refractivity contribution in [3.05, 3.63) is 30.0 Å². The fourth-order valence-electron chi connectivity index (χ4n) is 2.23. The highest BCUT2D eigenvalue weighted by molar-refractivity contribution is 5.87. The Bertz CT molecular complexity index is 484. The fourth-order valence-corrected chi connectivity index (χ4v) is 2.23. The van der Waals surface area contributed by atoms with Crippen LogP contribution in [-0.4, -0.2) is 11.2 Å². The van der Waals surface area contributed by atoms with Gasteiger partial charge < -0.3 is 9.30 Å². The average Bonchev–Trinajstić information content (AvgIpc) is 2.39. The average molecular weight is 187 g/mol. The largest absolute Gasteiger partial charge is 0.491 e. The molecule has 1 aliphatic rings. The molecule has 1 aliphatic heterocycles. The first kappa shape index (κ1) is 7.92. The molecule has 2 aromatic rings. The summed E-state index contributed by atoms with van der Waals surface area (Å²) in [4.78, 5) is 0. The summed E-state index contributed by atoms with van der Waals surface area (Å²) in [6, 6.07) is 8.50. The van der Waals surface area contributed by atoms with Gasteiger partial charge >= 0.3 is 0 Å². The number of aromatic nitrogens is 1. The number of aryl methyl sites for hydroxylation is 2. The van der Waals surface area contributed by atoms with Gasteiger partial charge in [-0.15, -0.1) is 0 Å². The van der Waals surface area contributed by atoms with E-state index in [1.807, 2.05) is 0 Å². The maximum atomic E-state index is 5.71. The number of para-hydroxylation sites is 1. The van der Waals surface area contributed by atoms with Gasteiger partial charge in [-0.2, -0.15) is 0 Å². The fraction of sp³-hybridized carbons (Fsp3) is 0.333. The van der Waals surface area contributed by atoms with Gasteiger partial charge in [0, 0.05) is 17.6 Å². The molecule has 0 amide bonds. The molecule has 0 spiro atoms. The van der Waals surface area contributed by atoms with Crippen molar-refractivity contribution in [2.45, 2.75) is 19.9 Å². The minimum atomic E-state index is 0.834. The van der Waals surface area contributed by atoms with Crippen LogP contribution < -0.4 is 4.74 Å². The zero-order valence-corrected chi connectivity index (χ0v) is 8.29. The van der Waals surface area contributed by atoms with E-state index in [0.29, 0.717) is 0 Å². The third kappa shape index (κ3) is 0.969. The maximum absolute atomic E-state index is 5.71. The van der Waals surface area contributed by atoms with Crippen LogP contribution >= 0.6 is 0 Å². The zero-order valence-electron chi connectivity index (χ0n) is 8.29. The first-order valence-electron chi connectivity index (χ1n) is 5.08. The van der Waals surface area contributed by atoms with Crippen molar-refractivity contribution in [2.75, 3.05) is 6.61 Å². The molecule has 1 aromatic heterocycles. The van der Waals surface area contributed by atoms with Crippen LogP contribution in [0.25, 0.3) is 10.9 Å². The van der Waals surface area contributed by atoms with Crippen molar-refractivity contribution >= 4 is 10.9 Å². The topological polar surface area (TPSA) is 14.2 Å². The van der Waals surface area contributed by atoms with Gasteiger partial charge in [-0.05, 0) is 25.5 Å². The van der Waals surface area contributed by atoms with Crippen LogP contribution in [0.1, 0.15) is 12.1 Å². The molecule has 0 aliphatic carbocycles. The Labute approximate surface area is 83.1 Å². The Kier molecular flexibility index (Phi) is 1.57. The van der Waals surface area contributed by atoms with Crippen LogP contribution in [0.2, 0.25) is 0 Å². The first-order chi connectivity index (χ1) is 6.86. The third-order valence-corrected chi connectivity index (χ3v) is 2.87. The molecule has 0 saturated carbocycles. The van der Waals surface area contributed by atoms with Crippen molar-refractivity contribution in [3.8, 4) is 5.75 Å². The van der Waals surface area contributed by atoms with Gasteiger partial charge in [-0.3, -0.25) is 0 Å². The number of hydrogen-bond acceptors (Lipinski definition) is 1. The van der Waals surface area contributed by atoms with E-state index in [-0.39, 0.29) is 0 Å². The zero-order chi connectivity index (χ0) is 9.54. The molecule has 0 unspecified atom stereocenters. The highest BCUT2D eigenvalue weighted by Gasteiger charge is 2.13. The summed E-state index contributed by atoms with van der Waals surface area (Å²) >= 11 is 0. The molecule has 2 heterocycles. The molecular formula is C12H13NO. The lowest BCUT2D eigenvalue weighted by molar-refractivity contribution is 0.315. The van der Waals surface area contributed by atoms with Gasteiger partial charge in [0.25, 0.3) is 0 Å². The van der Waals surface area contributed by atoms with Gasteiger partial charge in [0.2, 0.25) is 0 Å². The molecular weight excluding hydrogens is 174 g/mol. The Morgan fingerprint density at radius 1 is 1.36 bits per heavy atom. The smallest absolute Gasteiger partial charge is 0.143 e. The summed E-state index contributed by atoms with van der Waals surface area (Å²) in [5, 5.41) is 1.29. The molecule has 0 fully saturated rings. The summed E-state index contributed by atoms with van der Waals surface area (Å²) < 4.78 is 8.07. The van der Waals surface area contributed by atoms with Crippen LogP contribution in [-0.2, 0) is 6.54 Å². The van der Waals surface area contributed by atoms with Crippen molar-refractivity contribution in [2.24, 2.45) is 0 Å².